The number of carbonyl (C=O) groups is 3. The van der Waals surface area contributed by atoms with Crippen LogP contribution in [0, 0.1) is 17.7 Å². The summed E-state index contributed by atoms with van der Waals surface area (Å²) in [6, 6.07) is 9.23. The Kier molecular flexibility index (Phi) is 5.38. The Balaban J connectivity index is 1.34. The number of anilines is 1. The van der Waals surface area contributed by atoms with Crippen molar-refractivity contribution in [3.05, 3.63) is 60.2 Å². The van der Waals surface area contributed by atoms with Crippen LogP contribution in [0.25, 0.3) is 0 Å². The molecule has 1 aromatic carbocycles. The minimum atomic E-state index is -0.405. The fraction of sp³-hybridized carbons (Fsp3) is 0.364. The second-order valence-electron chi connectivity index (χ2n) is 7.59. The van der Waals surface area contributed by atoms with Gasteiger partial charge in [0.1, 0.15) is 5.82 Å². The van der Waals surface area contributed by atoms with E-state index < -0.39 is 5.92 Å². The van der Waals surface area contributed by atoms with Crippen LogP contribution in [-0.4, -0.2) is 47.1 Å². The van der Waals surface area contributed by atoms with Gasteiger partial charge in [0.2, 0.25) is 11.8 Å². The van der Waals surface area contributed by atoms with Crippen LogP contribution in [0.3, 0.4) is 0 Å². The number of piperidine rings is 1. The third-order valence-corrected chi connectivity index (χ3v) is 5.74. The van der Waals surface area contributed by atoms with Crippen molar-refractivity contribution in [1.82, 2.24) is 9.88 Å². The first-order valence-electron chi connectivity index (χ1n) is 9.82. The molecular weight excluding hydrogens is 373 g/mol. The number of likely N-dealkylation sites (tertiary alicyclic amines) is 1. The summed E-state index contributed by atoms with van der Waals surface area (Å²) in [7, 11) is 0. The zero-order chi connectivity index (χ0) is 20.4. The molecule has 4 rings (SSSR count). The number of carbonyl (C=O) groups excluding carboxylic acids is 3. The van der Waals surface area contributed by atoms with Gasteiger partial charge in [-0.1, -0.05) is 0 Å². The fourth-order valence-electron chi connectivity index (χ4n) is 4.11. The Bertz CT molecular complexity index is 909. The van der Waals surface area contributed by atoms with Crippen molar-refractivity contribution in [2.45, 2.75) is 19.3 Å². The van der Waals surface area contributed by atoms with E-state index in [-0.39, 0.29) is 35.8 Å². The molecule has 0 unspecified atom stereocenters. The Morgan fingerprint density at radius 3 is 2.41 bits per heavy atom. The molecule has 0 N–H and O–H groups in total. The van der Waals surface area contributed by atoms with Gasteiger partial charge in [0.15, 0.2) is 5.78 Å². The molecule has 0 radical (unpaired) electrons. The van der Waals surface area contributed by atoms with Crippen molar-refractivity contribution in [2.75, 3.05) is 24.5 Å². The van der Waals surface area contributed by atoms with E-state index in [1.807, 2.05) is 0 Å². The molecule has 0 spiro atoms. The molecule has 2 saturated heterocycles. The monoisotopic (exact) mass is 395 g/mol. The second kappa shape index (κ2) is 8.11. The summed E-state index contributed by atoms with van der Waals surface area (Å²) in [5, 5.41) is 0. The molecule has 2 amide bonds. The number of Topliss-reactive ketones (excluding diaryl/α,β-unsaturated/α-hetero) is 1. The van der Waals surface area contributed by atoms with Crippen LogP contribution in [-0.2, 0) is 9.59 Å². The molecule has 1 atom stereocenters. The van der Waals surface area contributed by atoms with Crippen molar-refractivity contribution in [1.29, 1.82) is 0 Å². The van der Waals surface area contributed by atoms with Crippen molar-refractivity contribution in [3.8, 4) is 0 Å². The molecule has 150 valence electrons. The molecule has 1 aromatic heterocycles. The quantitative estimate of drug-likeness (QED) is 0.747. The summed E-state index contributed by atoms with van der Waals surface area (Å²) >= 11 is 0. The number of hydrogen-bond donors (Lipinski definition) is 0. The number of rotatable bonds is 4. The summed E-state index contributed by atoms with van der Waals surface area (Å²) in [6.45, 7) is 1.32. The normalized spacial score (nSPS) is 20.2. The van der Waals surface area contributed by atoms with Gasteiger partial charge in [-0.3, -0.25) is 19.4 Å². The number of nitrogens with zero attached hydrogens (tertiary/aromatic N) is 3. The number of pyridine rings is 1. The molecule has 2 aromatic rings. The first-order chi connectivity index (χ1) is 14.0. The predicted molar refractivity (Wildman–Crippen MR) is 105 cm³/mol. The minimum Gasteiger partial charge on any atom is -0.342 e. The highest BCUT2D eigenvalue weighted by Gasteiger charge is 2.38. The molecule has 7 heteroatoms. The van der Waals surface area contributed by atoms with Crippen LogP contribution in [0.4, 0.5) is 10.1 Å². The lowest BCUT2D eigenvalue weighted by molar-refractivity contribution is -0.137. The molecule has 2 aliphatic heterocycles. The average Bonchev–Trinajstić information content (AvgIpc) is 3.15. The summed E-state index contributed by atoms with van der Waals surface area (Å²) in [6.07, 6.45) is 4.60. The molecule has 0 bridgehead atoms. The van der Waals surface area contributed by atoms with E-state index in [4.69, 9.17) is 0 Å². The Labute approximate surface area is 168 Å². The lowest BCUT2D eigenvalue weighted by atomic mass is 9.89. The van der Waals surface area contributed by atoms with E-state index in [0.29, 0.717) is 43.7 Å². The van der Waals surface area contributed by atoms with E-state index in [0.717, 1.165) is 0 Å². The van der Waals surface area contributed by atoms with Gasteiger partial charge in [0.05, 0.1) is 5.92 Å². The van der Waals surface area contributed by atoms with Crippen molar-refractivity contribution < 1.29 is 18.8 Å². The number of amides is 2. The van der Waals surface area contributed by atoms with Crippen LogP contribution in [0.1, 0.15) is 29.6 Å². The molecule has 0 aliphatic carbocycles. The van der Waals surface area contributed by atoms with E-state index in [1.165, 1.54) is 12.1 Å². The summed E-state index contributed by atoms with van der Waals surface area (Å²) < 4.78 is 13.1. The van der Waals surface area contributed by atoms with E-state index >= 15 is 0 Å². The topological polar surface area (TPSA) is 70.6 Å². The van der Waals surface area contributed by atoms with Gasteiger partial charge in [0.25, 0.3) is 0 Å². The van der Waals surface area contributed by atoms with Crippen LogP contribution >= 0.6 is 0 Å². The number of ketones is 1. The number of halogens is 1. The van der Waals surface area contributed by atoms with Gasteiger partial charge in [-0.15, -0.1) is 0 Å². The molecule has 2 fully saturated rings. The van der Waals surface area contributed by atoms with Gasteiger partial charge in [-0.25, -0.2) is 4.39 Å². The summed E-state index contributed by atoms with van der Waals surface area (Å²) in [5.74, 6) is -0.977. The first-order valence-corrected chi connectivity index (χ1v) is 9.82. The average molecular weight is 395 g/mol. The molecular formula is C22H22FN3O3. The van der Waals surface area contributed by atoms with Crippen molar-refractivity contribution in [3.63, 3.8) is 0 Å². The van der Waals surface area contributed by atoms with Gasteiger partial charge in [-0.2, -0.15) is 0 Å². The third-order valence-electron chi connectivity index (χ3n) is 5.74. The third kappa shape index (κ3) is 4.04. The second-order valence-corrected chi connectivity index (χ2v) is 7.59. The van der Waals surface area contributed by atoms with Crippen molar-refractivity contribution >= 4 is 23.3 Å². The van der Waals surface area contributed by atoms with Gasteiger partial charge >= 0.3 is 0 Å². The lowest BCUT2D eigenvalue weighted by Crippen LogP contribution is -2.43. The maximum atomic E-state index is 13.1. The standard InChI is InChI=1S/C22H22FN3O3/c23-18-3-5-19(6-4-18)26-14-17(12-20(26)27)22(29)25-10-7-15(8-11-25)21(28)16-2-1-9-24-13-16/h1-6,9,13,15,17H,7-8,10-12,14H2/t17-/m1/s1. The van der Waals surface area contributed by atoms with Crippen molar-refractivity contribution in [2.24, 2.45) is 11.8 Å². The highest BCUT2D eigenvalue weighted by Crippen LogP contribution is 2.28. The predicted octanol–water partition coefficient (Wildman–Crippen LogP) is 2.70. The zero-order valence-electron chi connectivity index (χ0n) is 16.0. The molecule has 2 aliphatic rings. The largest absolute Gasteiger partial charge is 0.342 e. The van der Waals surface area contributed by atoms with Gasteiger partial charge in [0, 0.05) is 55.6 Å². The first kappa shape index (κ1) is 19.2. The van der Waals surface area contributed by atoms with Crippen LogP contribution in [0.5, 0.6) is 0 Å². The number of benzene rings is 1. The van der Waals surface area contributed by atoms with E-state index in [1.54, 1.807) is 46.5 Å². The highest BCUT2D eigenvalue weighted by atomic mass is 19.1. The molecule has 29 heavy (non-hydrogen) atoms. The lowest BCUT2D eigenvalue weighted by Gasteiger charge is -2.33. The molecule has 6 nitrogen and oxygen atoms in total. The van der Waals surface area contributed by atoms with E-state index in [2.05, 4.69) is 4.98 Å². The number of hydrogen-bond acceptors (Lipinski definition) is 4. The highest BCUT2D eigenvalue weighted by molar-refractivity contribution is 6.00. The van der Waals surface area contributed by atoms with Crippen LogP contribution in [0.2, 0.25) is 0 Å². The Hall–Kier alpha value is -3.09. The molecule has 3 heterocycles. The number of aromatic nitrogens is 1. The van der Waals surface area contributed by atoms with Crippen LogP contribution in [0.15, 0.2) is 48.8 Å². The van der Waals surface area contributed by atoms with Crippen LogP contribution < -0.4 is 4.90 Å². The van der Waals surface area contributed by atoms with Gasteiger partial charge < -0.3 is 9.80 Å². The Morgan fingerprint density at radius 2 is 1.76 bits per heavy atom. The van der Waals surface area contributed by atoms with Gasteiger partial charge in [-0.05, 0) is 49.2 Å². The SMILES string of the molecule is O=C(c1cccnc1)C1CCN(C(=O)[C@@H]2CC(=O)N(c3ccc(F)cc3)C2)CC1. The summed E-state index contributed by atoms with van der Waals surface area (Å²) in [4.78, 5) is 45.2. The minimum absolute atomic E-state index is 0.0461. The maximum Gasteiger partial charge on any atom is 0.228 e. The fourth-order valence-corrected chi connectivity index (χ4v) is 4.11. The van der Waals surface area contributed by atoms with E-state index in [9.17, 15) is 18.8 Å². The zero-order valence-corrected chi connectivity index (χ0v) is 16.0. The smallest absolute Gasteiger partial charge is 0.228 e. The Morgan fingerprint density at radius 1 is 1.03 bits per heavy atom. The maximum absolute atomic E-state index is 13.1. The molecule has 0 saturated carbocycles. The summed E-state index contributed by atoms with van der Waals surface area (Å²) in [5.41, 5.74) is 1.21.